The van der Waals surface area contributed by atoms with Crippen LogP contribution in [-0.2, 0) is 26.3 Å². The summed E-state index contributed by atoms with van der Waals surface area (Å²) in [5.41, 5.74) is 1.72. The molecule has 3 rings (SSSR count). The Morgan fingerprint density at radius 2 is 1.84 bits per heavy atom. The number of nitrogens with zero attached hydrogens (tertiary/aromatic N) is 4. The van der Waals surface area contributed by atoms with Crippen molar-refractivity contribution in [3.63, 3.8) is 0 Å². The number of carboxylic acid groups (broad SMARTS) is 1. The van der Waals surface area contributed by atoms with Crippen molar-refractivity contribution in [3.05, 3.63) is 47.8 Å². The molecule has 1 fully saturated rings. The summed E-state index contributed by atoms with van der Waals surface area (Å²) in [5.74, 6) is 0.150. The van der Waals surface area contributed by atoms with Crippen LogP contribution in [0.4, 0.5) is 0 Å². The minimum Gasteiger partial charge on any atom is -0.480 e. The zero-order chi connectivity index (χ0) is 27.7. The molecule has 0 aliphatic carbocycles. The van der Waals surface area contributed by atoms with Gasteiger partial charge in [0.2, 0.25) is 5.91 Å². The molecule has 1 aromatic heterocycles. The molecule has 0 spiro atoms. The number of hydrogen-bond acceptors (Lipinski definition) is 6. The van der Waals surface area contributed by atoms with Gasteiger partial charge in [-0.2, -0.15) is 0 Å². The Balaban J connectivity index is 1.34. The minimum atomic E-state index is -0.859. The predicted molar refractivity (Wildman–Crippen MR) is 147 cm³/mol. The summed E-state index contributed by atoms with van der Waals surface area (Å²) in [4.78, 5) is 26.5. The van der Waals surface area contributed by atoms with E-state index < -0.39 is 12.0 Å². The van der Waals surface area contributed by atoms with Gasteiger partial charge in [-0.1, -0.05) is 76.6 Å². The van der Waals surface area contributed by atoms with E-state index in [0.29, 0.717) is 64.1 Å². The van der Waals surface area contributed by atoms with Crippen molar-refractivity contribution < 1.29 is 19.4 Å². The summed E-state index contributed by atoms with van der Waals surface area (Å²) in [6.45, 7) is 14.4. The summed E-state index contributed by atoms with van der Waals surface area (Å²) in [6, 6.07) is 8.59. The van der Waals surface area contributed by atoms with Crippen molar-refractivity contribution in [2.24, 2.45) is 17.8 Å². The SMILES string of the molecule is CCC(C)C(C)C(C)(C)c1cn(CCOCCNC(=O)C2CCN(C(C(=O)O)c3ccccc3)CC2)nn1. The third-order valence-electron chi connectivity index (χ3n) is 8.46. The number of likely N-dealkylation sites (tertiary alicyclic amines) is 1. The van der Waals surface area contributed by atoms with Crippen molar-refractivity contribution in [1.29, 1.82) is 0 Å². The molecule has 2 aromatic rings. The summed E-state index contributed by atoms with van der Waals surface area (Å²) >= 11 is 0. The Morgan fingerprint density at radius 1 is 1.16 bits per heavy atom. The highest BCUT2D eigenvalue weighted by Gasteiger charge is 2.34. The highest BCUT2D eigenvalue weighted by atomic mass is 16.5. The Morgan fingerprint density at radius 3 is 2.47 bits per heavy atom. The molecule has 9 nitrogen and oxygen atoms in total. The lowest BCUT2D eigenvalue weighted by atomic mass is 9.71. The quantitative estimate of drug-likeness (QED) is 0.359. The van der Waals surface area contributed by atoms with Crippen molar-refractivity contribution in [2.45, 2.75) is 71.9 Å². The van der Waals surface area contributed by atoms with Gasteiger partial charge >= 0.3 is 5.97 Å². The van der Waals surface area contributed by atoms with Gasteiger partial charge in [0.1, 0.15) is 6.04 Å². The average Bonchev–Trinajstić information content (AvgIpc) is 3.40. The number of rotatable bonds is 14. The van der Waals surface area contributed by atoms with E-state index in [9.17, 15) is 14.7 Å². The van der Waals surface area contributed by atoms with Crippen LogP contribution >= 0.6 is 0 Å². The lowest BCUT2D eigenvalue weighted by Crippen LogP contribution is -2.44. The Labute approximate surface area is 226 Å². The average molecular weight is 528 g/mol. The van der Waals surface area contributed by atoms with Gasteiger partial charge in [-0.3, -0.25) is 14.5 Å². The smallest absolute Gasteiger partial charge is 0.325 e. The molecule has 38 heavy (non-hydrogen) atoms. The molecule has 0 radical (unpaired) electrons. The van der Waals surface area contributed by atoms with Crippen LogP contribution in [0.25, 0.3) is 0 Å². The number of aromatic nitrogens is 3. The molecule has 1 amide bonds. The van der Waals surface area contributed by atoms with E-state index in [4.69, 9.17) is 4.74 Å². The number of carbonyl (C=O) groups excluding carboxylic acids is 1. The maximum absolute atomic E-state index is 12.6. The molecular formula is C29H45N5O4. The van der Waals surface area contributed by atoms with Crippen LogP contribution in [0.5, 0.6) is 0 Å². The van der Waals surface area contributed by atoms with Crippen molar-refractivity contribution in [3.8, 4) is 0 Å². The van der Waals surface area contributed by atoms with Crippen LogP contribution < -0.4 is 5.32 Å². The first-order chi connectivity index (χ1) is 18.1. The molecule has 3 atom stereocenters. The molecule has 1 saturated heterocycles. The van der Waals surface area contributed by atoms with Crippen LogP contribution in [0.2, 0.25) is 0 Å². The lowest BCUT2D eigenvalue weighted by Gasteiger charge is -2.35. The predicted octanol–water partition coefficient (Wildman–Crippen LogP) is 3.91. The first-order valence-corrected chi connectivity index (χ1v) is 13.9. The topological polar surface area (TPSA) is 110 Å². The Hall–Kier alpha value is -2.78. The first kappa shape index (κ1) is 29.8. The van der Waals surface area contributed by atoms with Gasteiger partial charge in [0.15, 0.2) is 0 Å². The highest BCUT2D eigenvalue weighted by molar-refractivity contribution is 5.79. The molecule has 1 aromatic carbocycles. The lowest BCUT2D eigenvalue weighted by molar-refractivity contribution is -0.144. The van der Waals surface area contributed by atoms with Crippen LogP contribution in [-0.4, -0.2) is 69.7 Å². The van der Waals surface area contributed by atoms with Crippen molar-refractivity contribution >= 4 is 11.9 Å². The molecule has 1 aliphatic rings. The fourth-order valence-electron chi connectivity index (χ4n) is 5.22. The summed E-state index contributed by atoms with van der Waals surface area (Å²) in [5, 5.41) is 21.4. The van der Waals surface area contributed by atoms with Gasteiger partial charge in [0.05, 0.1) is 25.5 Å². The molecule has 1 aliphatic heterocycles. The zero-order valence-corrected chi connectivity index (χ0v) is 23.6. The third-order valence-corrected chi connectivity index (χ3v) is 8.46. The number of benzene rings is 1. The zero-order valence-electron chi connectivity index (χ0n) is 23.6. The summed E-state index contributed by atoms with van der Waals surface area (Å²) < 4.78 is 7.55. The number of aliphatic carboxylic acids is 1. The molecule has 2 N–H and O–H groups in total. The van der Waals surface area contributed by atoms with Crippen LogP contribution in [0, 0.1) is 17.8 Å². The highest BCUT2D eigenvalue weighted by Crippen LogP contribution is 2.36. The monoisotopic (exact) mass is 527 g/mol. The van der Waals surface area contributed by atoms with Gasteiger partial charge in [0, 0.05) is 37.2 Å². The number of amides is 1. The van der Waals surface area contributed by atoms with E-state index in [0.717, 1.165) is 17.7 Å². The largest absolute Gasteiger partial charge is 0.480 e. The second-order valence-electron chi connectivity index (χ2n) is 11.1. The van der Waals surface area contributed by atoms with Gasteiger partial charge in [-0.15, -0.1) is 5.10 Å². The van der Waals surface area contributed by atoms with E-state index in [2.05, 4.69) is 50.2 Å². The number of carbonyl (C=O) groups is 2. The number of ether oxygens (including phenoxy) is 1. The number of hydrogen-bond donors (Lipinski definition) is 2. The second-order valence-corrected chi connectivity index (χ2v) is 11.1. The summed E-state index contributed by atoms with van der Waals surface area (Å²) in [6.07, 6.45) is 4.44. The normalized spacial score (nSPS) is 17.6. The molecule has 0 bridgehead atoms. The molecule has 9 heteroatoms. The molecule has 210 valence electrons. The van der Waals surface area contributed by atoms with Gasteiger partial charge in [-0.25, -0.2) is 4.68 Å². The molecule has 2 heterocycles. The Kier molecular flexibility index (Phi) is 10.8. The number of carboxylic acids is 1. The number of piperidine rings is 1. The van der Waals surface area contributed by atoms with E-state index in [1.54, 1.807) is 0 Å². The van der Waals surface area contributed by atoms with Gasteiger partial charge in [0.25, 0.3) is 0 Å². The summed E-state index contributed by atoms with van der Waals surface area (Å²) in [7, 11) is 0. The molecular weight excluding hydrogens is 482 g/mol. The van der Waals surface area contributed by atoms with Gasteiger partial charge < -0.3 is 15.2 Å². The second kappa shape index (κ2) is 13.8. The third kappa shape index (κ3) is 7.63. The van der Waals surface area contributed by atoms with E-state index in [1.165, 1.54) is 0 Å². The van der Waals surface area contributed by atoms with Gasteiger partial charge in [-0.05, 0) is 30.2 Å². The van der Waals surface area contributed by atoms with E-state index in [-0.39, 0.29) is 17.2 Å². The standard InChI is InChI=1S/C29H45N5O4/c1-6-21(2)22(3)29(4,5)25-20-34(32-31-25)17-19-38-18-14-30-27(35)24-12-15-33(16-13-24)26(28(36)37)23-10-8-7-9-11-23/h7-11,20-22,24,26H,6,12-19H2,1-5H3,(H,30,35)(H,36,37). The maximum atomic E-state index is 12.6. The van der Waals surface area contributed by atoms with E-state index >= 15 is 0 Å². The Bertz CT molecular complexity index is 1020. The fraction of sp³-hybridized carbons (Fsp3) is 0.655. The maximum Gasteiger partial charge on any atom is 0.325 e. The van der Waals surface area contributed by atoms with E-state index in [1.807, 2.05) is 46.1 Å². The van der Waals surface area contributed by atoms with Crippen LogP contribution in [0.3, 0.4) is 0 Å². The fourth-order valence-corrected chi connectivity index (χ4v) is 5.22. The minimum absolute atomic E-state index is 0.0124. The van der Waals surface area contributed by atoms with Crippen LogP contribution in [0.15, 0.2) is 36.5 Å². The number of nitrogens with one attached hydrogen (secondary N) is 1. The van der Waals surface area contributed by atoms with Crippen LogP contribution in [0.1, 0.15) is 71.2 Å². The first-order valence-electron chi connectivity index (χ1n) is 13.9. The molecule has 3 unspecified atom stereocenters. The van der Waals surface area contributed by atoms with Crippen molar-refractivity contribution in [1.82, 2.24) is 25.2 Å². The van der Waals surface area contributed by atoms with Crippen molar-refractivity contribution in [2.75, 3.05) is 32.8 Å². The molecule has 0 saturated carbocycles.